The molecule has 0 aromatic heterocycles. The maximum Gasteiger partial charge on any atom is 0.257 e. The maximum atomic E-state index is 13.5. The van der Waals surface area contributed by atoms with Crippen LogP contribution in [-0.2, 0) is 14.3 Å². The average Bonchev–Trinajstić information content (AvgIpc) is 3.49. The maximum absolute atomic E-state index is 13.5. The number of amides is 1. The number of hydrazone groups is 1. The fraction of sp³-hybridized carbons (Fsp3) is 0.440. The van der Waals surface area contributed by atoms with Crippen molar-refractivity contribution in [2.45, 2.75) is 31.1 Å². The molecule has 7 nitrogen and oxygen atoms in total. The molecule has 0 N–H and O–H groups in total. The SMILES string of the molecule is COc1ccc(C2CC(c3ccccc3Cl)=NN2C(=O)CN2CCC3(CC2)OCCO3)cc1. The van der Waals surface area contributed by atoms with Crippen LogP contribution < -0.4 is 4.74 Å². The van der Waals surface area contributed by atoms with E-state index in [-0.39, 0.29) is 11.9 Å². The van der Waals surface area contributed by atoms with Gasteiger partial charge in [-0.05, 0) is 23.8 Å². The Morgan fingerprint density at radius 3 is 2.48 bits per heavy atom. The topological polar surface area (TPSA) is 63.6 Å². The van der Waals surface area contributed by atoms with E-state index in [2.05, 4.69) is 4.90 Å². The van der Waals surface area contributed by atoms with Gasteiger partial charge < -0.3 is 14.2 Å². The number of rotatable bonds is 5. The highest BCUT2D eigenvalue weighted by Crippen LogP contribution is 2.36. The van der Waals surface area contributed by atoms with E-state index in [4.69, 9.17) is 30.9 Å². The highest BCUT2D eigenvalue weighted by molar-refractivity contribution is 6.34. The monoisotopic (exact) mass is 469 g/mol. The summed E-state index contributed by atoms with van der Waals surface area (Å²) < 4.78 is 16.9. The van der Waals surface area contributed by atoms with E-state index in [0.717, 1.165) is 48.5 Å². The second kappa shape index (κ2) is 9.43. The predicted molar refractivity (Wildman–Crippen MR) is 125 cm³/mol. The minimum absolute atomic E-state index is 0.0259. The predicted octanol–water partition coefficient (Wildman–Crippen LogP) is 3.87. The van der Waals surface area contributed by atoms with Gasteiger partial charge in [0.2, 0.25) is 0 Å². The van der Waals surface area contributed by atoms with Crippen LogP contribution in [0.1, 0.15) is 36.4 Å². The fourth-order valence-corrected chi connectivity index (χ4v) is 5.03. The largest absolute Gasteiger partial charge is 0.497 e. The summed E-state index contributed by atoms with van der Waals surface area (Å²) in [7, 11) is 1.64. The van der Waals surface area contributed by atoms with E-state index < -0.39 is 5.79 Å². The van der Waals surface area contributed by atoms with Gasteiger partial charge in [0.1, 0.15) is 5.75 Å². The summed E-state index contributed by atoms with van der Waals surface area (Å²) in [5.41, 5.74) is 2.70. The highest BCUT2D eigenvalue weighted by atomic mass is 35.5. The number of nitrogens with zero attached hydrogens (tertiary/aromatic N) is 3. The first kappa shape index (κ1) is 22.3. The van der Waals surface area contributed by atoms with Gasteiger partial charge in [0.05, 0.1) is 38.6 Å². The smallest absolute Gasteiger partial charge is 0.257 e. The Morgan fingerprint density at radius 1 is 1.12 bits per heavy atom. The molecule has 1 atom stereocenters. The summed E-state index contributed by atoms with van der Waals surface area (Å²) in [6.45, 7) is 3.12. The van der Waals surface area contributed by atoms with Gasteiger partial charge >= 0.3 is 0 Å². The molecule has 5 rings (SSSR count). The number of likely N-dealkylation sites (tertiary alicyclic amines) is 1. The van der Waals surface area contributed by atoms with Crippen LogP contribution in [0.5, 0.6) is 5.75 Å². The number of ether oxygens (including phenoxy) is 3. The molecule has 174 valence electrons. The third-order valence-corrected chi connectivity index (χ3v) is 6.97. The molecule has 8 heteroatoms. The van der Waals surface area contributed by atoms with E-state index >= 15 is 0 Å². The minimum atomic E-state index is -0.450. The third-order valence-electron chi connectivity index (χ3n) is 6.64. The summed E-state index contributed by atoms with van der Waals surface area (Å²) in [5, 5.41) is 7.03. The molecule has 2 fully saturated rings. The number of hydrogen-bond acceptors (Lipinski definition) is 6. The molecule has 1 amide bonds. The number of carbonyl (C=O) groups excluding carboxylic acids is 1. The van der Waals surface area contributed by atoms with Crippen LogP contribution >= 0.6 is 11.6 Å². The van der Waals surface area contributed by atoms with Gasteiger partial charge in [0.25, 0.3) is 5.91 Å². The molecule has 1 spiro atoms. The van der Waals surface area contributed by atoms with Crippen molar-refractivity contribution in [1.29, 1.82) is 0 Å². The molecule has 2 aromatic carbocycles. The number of halogens is 1. The number of hydrogen-bond donors (Lipinski definition) is 0. The number of methoxy groups -OCH3 is 1. The molecule has 3 heterocycles. The van der Waals surface area contributed by atoms with Crippen LogP contribution in [0.4, 0.5) is 0 Å². The van der Waals surface area contributed by atoms with E-state index in [1.807, 2.05) is 48.5 Å². The summed E-state index contributed by atoms with van der Waals surface area (Å²) >= 11 is 6.45. The van der Waals surface area contributed by atoms with Crippen LogP contribution in [-0.4, -0.2) is 67.3 Å². The number of carbonyl (C=O) groups is 1. The van der Waals surface area contributed by atoms with Crippen molar-refractivity contribution in [3.63, 3.8) is 0 Å². The number of benzene rings is 2. The van der Waals surface area contributed by atoms with Crippen molar-refractivity contribution < 1.29 is 19.0 Å². The van der Waals surface area contributed by atoms with Crippen LogP contribution in [0.2, 0.25) is 5.02 Å². The van der Waals surface area contributed by atoms with Crippen LogP contribution in [0.25, 0.3) is 0 Å². The second-order valence-corrected chi connectivity index (χ2v) is 9.05. The van der Waals surface area contributed by atoms with Crippen molar-refractivity contribution in [3.8, 4) is 5.75 Å². The lowest BCUT2D eigenvalue weighted by molar-refractivity contribution is -0.186. The van der Waals surface area contributed by atoms with Gasteiger partial charge in [-0.3, -0.25) is 9.69 Å². The first-order valence-electron chi connectivity index (χ1n) is 11.4. The highest BCUT2D eigenvalue weighted by Gasteiger charge is 2.41. The lowest BCUT2D eigenvalue weighted by Crippen LogP contribution is -2.48. The van der Waals surface area contributed by atoms with Gasteiger partial charge in [0.15, 0.2) is 5.79 Å². The van der Waals surface area contributed by atoms with Crippen molar-refractivity contribution in [2.24, 2.45) is 5.10 Å². The van der Waals surface area contributed by atoms with Crippen LogP contribution in [0.15, 0.2) is 53.6 Å². The van der Waals surface area contributed by atoms with E-state index in [9.17, 15) is 4.79 Å². The zero-order valence-corrected chi connectivity index (χ0v) is 19.5. The van der Waals surface area contributed by atoms with Crippen molar-refractivity contribution >= 4 is 23.2 Å². The van der Waals surface area contributed by atoms with Crippen molar-refractivity contribution in [1.82, 2.24) is 9.91 Å². The molecule has 0 aliphatic carbocycles. The molecule has 0 bridgehead atoms. The van der Waals surface area contributed by atoms with E-state index in [0.29, 0.717) is 31.2 Å². The molecular weight excluding hydrogens is 442 g/mol. The summed E-state index contributed by atoms with van der Waals surface area (Å²) in [5.74, 6) is 0.302. The van der Waals surface area contributed by atoms with Gasteiger partial charge in [-0.1, -0.05) is 41.9 Å². The molecule has 2 saturated heterocycles. The molecule has 3 aliphatic heterocycles. The Bertz CT molecular complexity index is 1030. The van der Waals surface area contributed by atoms with Gasteiger partial charge in [-0.25, -0.2) is 5.01 Å². The molecular formula is C25H28ClN3O4. The van der Waals surface area contributed by atoms with Gasteiger partial charge in [0, 0.05) is 42.9 Å². The Balaban J connectivity index is 1.35. The van der Waals surface area contributed by atoms with E-state index in [1.54, 1.807) is 12.1 Å². The first-order valence-corrected chi connectivity index (χ1v) is 11.7. The Hall–Kier alpha value is -2.45. The molecule has 3 aliphatic rings. The first-order chi connectivity index (χ1) is 16.1. The Kier molecular flexibility index (Phi) is 6.38. The fourth-order valence-electron chi connectivity index (χ4n) is 4.79. The lowest BCUT2D eigenvalue weighted by Gasteiger charge is -2.37. The quantitative estimate of drug-likeness (QED) is 0.665. The van der Waals surface area contributed by atoms with Gasteiger partial charge in [-0.2, -0.15) is 5.10 Å². The second-order valence-electron chi connectivity index (χ2n) is 8.64. The van der Waals surface area contributed by atoms with Crippen LogP contribution in [0.3, 0.4) is 0 Å². The Labute approximate surface area is 198 Å². The minimum Gasteiger partial charge on any atom is -0.497 e. The number of piperidine rings is 1. The lowest BCUT2D eigenvalue weighted by atomic mass is 9.98. The molecule has 1 unspecified atom stereocenters. The Morgan fingerprint density at radius 2 is 1.82 bits per heavy atom. The van der Waals surface area contributed by atoms with Crippen molar-refractivity contribution in [2.75, 3.05) is 40.0 Å². The standard InChI is InChI=1S/C25H28ClN3O4/c1-31-19-8-6-18(7-9-19)23-16-22(20-4-2-3-5-21(20)26)27-29(23)24(30)17-28-12-10-25(11-13-28)32-14-15-33-25/h2-9,23H,10-17H2,1H3. The summed E-state index contributed by atoms with van der Waals surface area (Å²) in [6, 6.07) is 15.3. The summed E-state index contributed by atoms with van der Waals surface area (Å²) in [4.78, 5) is 15.6. The van der Waals surface area contributed by atoms with Crippen LogP contribution in [0, 0.1) is 0 Å². The van der Waals surface area contributed by atoms with Gasteiger partial charge in [-0.15, -0.1) is 0 Å². The van der Waals surface area contributed by atoms with Crippen molar-refractivity contribution in [3.05, 3.63) is 64.7 Å². The molecule has 0 saturated carbocycles. The molecule has 2 aromatic rings. The van der Waals surface area contributed by atoms with E-state index in [1.165, 1.54) is 0 Å². The zero-order valence-electron chi connectivity index (χ0n) is 18.7. The summed E-state index contributed by atoms with van der Waals surface area (Å²) in [6.07, 6.45) is 2.15. The molecule has 0 radical (unpaired) electrons. The zero-order chi connectivity index (χ0) is 22.8. The normalized spacial score (nSPS) is 22.5. The third kappa shape index (κ3) is 4.64. The average molecular weight is 470 g/mol. The molecule has 33 heavy (non-hydrogen) atoms.